The van der Waals surface area contributed by atoms with Crippen molar-refractivity contribution in [2.75, 3.05) is 12.3 Å². The van der Waals surface area contributed by atoms with Crippen LogP contribution in [0, 0.1) is 5.82 Å². The second kappa shape index (κ2) is 12.9. The van der Waals surface area contributed by atoms with Gasteiger partial charge in [0, 0.05) is 28.9 Å². The number of thioether (sulfide) groups is 1. The smallest absolute Gasteiger partial charge is 0.242 e. The maximum absolute atomic E-state index is 13.3. The minimum Gasteiger partial charge on any atom is -0.354 e. The van der Waals surface area contributed by atoms with Crippen molar-refractivity contribution in [1.29, 1.82) is 0 Å². The summed E-state index contributed by atoms with van der Waals surface area (Å²) in [5, 5.41) is 3.99. The number of carbonyl (C=O) groups is 2. The van der Waals surface area contributed by atoms with Crippen LogP contribution >= 0.6 is 35.0 Å². The fraction of sp³-hybridized carbons (Fsp3) is 0.391. The van der Waals surface area contributed by atoms with Gasteiger partial charge in [-0.25, -0.2) is 4.39 Å². The van der Waals surface area contributed by atoms with E-state index in [1.165, 1.54) is 28.8 Å². The second-order valence-electron chi connectivity index (χ2n) is 7.20. The molecule has 0 saturated heterocycles. The highest BCUT2D eigenvalue weighted by Gasteiger charge is 2.26. The van der Waals surface area contributed by atoms with Crippen LogP contribution in [0.5, 0.6) is 0 Å². The summed E-state index contributed by atoms with van der Waals surface area (Å²) in [6.07, 6.45) is 1.85. The lowest BCUT2D eigenvalue weighted by Gasteiger charge is -2.29. The summed E-state index contributed by atoms with van der Waals surface area (Å²) in [5.74, 6) is 0.0187. The molecule has 1 N–H and O–H groups in total. The van der Waals surface area contributed by atoms with Crippen LogP contribution in [0.15, 0.2) is 42.5 Å². The zero-order chi connectivity index (χ0) is 22.8. The number of unbranched alkanes of at least 4 members (excludes halogenated alkanes) is 1. The van der Waals surface area contributed by atoms with E-state index in [2.05, 4.69) is 5.32 Å². The predicted octanol–water partition coefficient (Wildman–Crippen LogP) is 5.70. The molecule has 2 aromatic carbocycles. The van der Waals surface area contributed by atoms with Crippen LogP contribution in [0.4, 0.5) is 4.39 Å². The van der Waals surface area contributed by atoms with Gasteiger partial charge in [0.1, 0.15) is 11.9 Å². The van der Waals surface area contributed by atoms with Gasteiger partial charge >= 0.3 is 0 Å². The normalized spacial score (nSPS) is 11.8. The fourth-order valence-electron chi connectivity index (χ4n) is 2.88. The first-order valence-corrected chi connectivity index (χ1v) is 12.1. The largest absolute Gasteiger partial charge is 0.354 e. The third-order valence-corrected chi connectivity index (χ3v) is 6.31. The van der Waals surface area contributed by atoms with Gasteiger partial charge in [-0.05, 0) is 48.7 Å². The van der Waals surface area contributed by atoms with E-state index in [-0.39, 0.29) is 29.9 Å². The molecular weight excluding hydrogens is 458 g/mol. The Hall–Kier alpha value is -1.76. The maximum Gasteiger partial charge on any atom is 0.242 e. The number of halogens is 3. The number of carbonyl (C=O) groups excluding carboxylic acids is 2. The molecule has 0 fully saturated rings. The van der Waals surface area contributed by atoms with E-state index in [1.807, 2.05) is 13.0 Å². The lowest BCUT2D eigenvalue weighted by atomic mass is 10.1. The van der Waals surface area contributed by atoms with Gasteiger partial charge in [-0.2, -0.15) is 0 Å². The molecule has 0 bridgehead atoms. The van der Waals surface area contributed by atoms with E-state index in [1.54, 1.807) is 31.2 Å². The van der Waals surface area contributed by atoms with E-state index < -0.39 is 6.04 Å². The number of nitrogens with zero attached hydrogens (tertiary/aromatic N) is 1. The molecule has 2 aromatic rings. The number of benzene rings is 2. The molecule has 2 amide bonds. The van der Waals surface area contributed by atoms with Gasteiger partial charge < -0.3 is 10.2 Å². The molecule has 168 valence electrons. The van der Waals surface area contributed by atoms with Crippen LogP contribution in [0.3, 0.4) is 0 Å². The molecule has 8 heteroatoms. The second-order valence-corrected chi connectivity index (χ2v) is 9.03. The molecule has 0 radical (unpaired) electrons. The standard InChI is InChI=1S/C23H27Cl2FN2O2S/c1-3-4-11-27-23(30)16(2)28(13-17-5-9-20(26)10-6-17)22(29)15-31-14-18-7-8-19(24)12-21(18)25/h5-10,12,16H,3-4,11,13-15H2,1-2H3,(H,27,30)/t16-/m1/s1. The monoisotopic (exact) mass is 484 g/mol. The van der Waals surface area contributed by atoms with Crippen LogP contribution in [0.1, 0.15) is 37.8 Å². The van der Waals surface area contributed by atoms with Crippen molar-refractivity contribution in [2.45, 2.75) is 45.0 Å². The van der Waals surface area contributed by atoms with E-state index in [0.717, 1.165) is 24.0 Å². The van der Waals surface area contributed by atoms with Crippen molar-refractivity contribution in [2.24, 2.45) is 0 Å². The fourth-order valence-corrected chi connectivity index (χ4v) is 4.34. The summed E-state index contributed by atoms with van der Waals surface area (Å²) in [6, 6.07) is 10.6. The van der Waals surface area contributed by atoms with Gasteiger partial charge in [-0.15, -0.1) is 11.8 Å². The van der Waals surface area contributed by atoms with Crippen LogP contribution in [-0.4, -0.2) is 35.1 Å². The van der Waals surface area contributed by atoms with Gasteiger partial charge in [-0.3, -0.25) is 9.59 Å². The molecular formula is C23H27Cl2FN2O2S. The average Bonchev–Trinajstić information content (AvgIpc) is 2.74. The van der Waals surface area contributed by atoms with Crippen molar-refractivity contribution in [3.63, 3.8) is 0 Å². The summed E-state index contributed by atoms with van der Waals surface area (Å²) in [4.78, 5) is 27.1. The lowest BCUT2D eigenvalue weighted by Crippen LogP contribution is -2.48. The first kappa shape index (κ1) is 25.5. The number of hydrogen-bond donors (Lipinski definition) is 1. The van der Waals surface area contributed by atoms with Gasteiger partial charge in [0.05, 0.1) is 5.75 Å². The predicted molar refractivity (Wildman–Crippen MR) is 127 cm³/mol. The quantitative estimate of drug-likeness (QED) is 0.416. The minimum atomic E-state index is -0.644. The molecule has 0 aliphatic carbocycles. The molecule has 1 atom stereocenters. The molecule has 0 spiro atoms. The molecule has 0 aromatic heterocycles. The molecule has 31 heavy (non-hydrogen) atoms. The van der Waals surface area contributed by atoms with Gasteiger partial charge in [-0.1, -0.05) is 54.7 Å². The van der Waals surface area contributed by atoms with E-state index in [0.29, 0.717) is 22.3 Å². The Kier molecular flexibility index (Phi) is 10.6. The Morgan fingerprint density at radius 3 is 2.52 bits per heavy atom. The number of rotatable bonds is 11. The van der Waals surface area contributed by atoms with Crippen LogP contribution < -0.4 is 5.32 Å². The number of amides is 2. The third-order valence-electron chi connectivity index (χ3n) is 4.76. The zero-order valence-corrected chi connectivity index (χ0v) is 20.0. The molecule has 0 unspecified atom stereocenters. The molecule has 4 nitrogen and oxygen atoms in total. The van der Waals surface area contributed by atoms with Crippen molar-refractivity contribution in [1.82, 2.24) is 10.2 Å². The van der Waals surface area contributed by atoms with Crippen LogP contribution in [0.25, 0.3) is 0 Å². The molecule has 2 rings (SSSR count). The van der Waals surface area contributed by atoms with Crippen molar-refractivity contribution in [3.8, 4) is 0 Å². The highest BCUT2D eigenvalue weighted by molar-refractivity contribution is 7.99. The summed E-state index contributed by atoms with van der Waals surface area (Å²) in [5.41, 5.74) is 1.65. The Morgan fingerprint density at radius 1 is 1.16 bits per heavy atom. The maximum atomic E-state index is 13.3. The zero-order valence-electron chi connectivity index (χ0n) is 17.7. The summed E-state index contributed by atoms with van der Waals surface area (Å²) in [6.45, 7) is 4.55. The highest BCUT2D eigenvalue weighted by atomic mass is 35.5. The number of hydrogen-bond acceptors (Lipinski definition) is 3. The molecule has 0 aliphatic heterocycles. The Morgan fingerprint density at radius 2 is 1.87 bits per heavy atom. The number of nitrogens with one attached hydrogen (secondary N) is 1. The molecule has 0 aliphatic rings. The topological polar surface area (TPSA) is 49.4 Å². The molecule has 0 heterocycles. The van der Waals surface area contributed by atoms with Crippen LogP contribution in [0.2, 0.25) is 10.0 Å². The minimum absolute atomic E-state index is 0.169. The van der Waals surface area contributed by atoms with Crippen LogP contribution in [-0.2, 0) is 21.9 Å². The third kappa shape index (κ3) is 8.36. The van der Waals surface area contributed by atoms with Gasteiger partial charge in [0.25, 0.3) is 0 Å². The molecule has 0 saturated carbocycles. The van der Waals surface area contributed by atoms with E-state index >= 15 is 0 Å². The van der Waals surface area contributed by atoms with Gasteiger partial charge in [0.2, 0.25) is 11.8 Å². The Labute approximate surface area is 197 Å². The highest BCUT2D eigenvalue weighted by Crippen LogP contribution is 2.25. The summed E-state index contributed by atoms with van der Waals surface area (Å²) >= 11 is 13.5. The Balaban J connectivity index is 2.05. The summed E-state index contributed by atoms with van der Waals surface area (Å²) < 4.78 is 13.3. The average molecular weight is 485 g/mol. The van der Waals surface area contributed by atoms with Crippen molar-refractivity contribution >= 4 is 46.8 Å². The lowest BCUT2D eigenvalue weighted by molar-refractivity contribution is -0.138. The first-order chi connectivity index (χ1) is 14.8. The summed E-state index contributed by atoms with van der Waals surface area (Å²) in [7, 11) is 0. The van der Waals surface area contributed by atoms with E-state index in [9.17, 15) is 14.0 Å². The van der Waals surface area contributed by atoms with Crippen molar-refractivity contribution in [3.05, 3.63) is 69.5 Å². The van der Waals surface area contributed by atoms with Crippen molar-refractivity contribution < 1.29 is 14.0 Å². The Bertz CT molecular complexity index is 880. The first-order valence-electron chi connectivity index (χ1n) is 10.1. The SMILES string of the molecule is CCCCNC(=O)[C@@H](C)N(Cc1ccc(F)cc1)C(=O)CSCc1ccc(Cl)cc1Cl. The van der Waals surface area contributed by atoms with Gasteiger partial charge in [0.15, 0.2) is 0 Å². The van der Waals surface area contributed by atoms with E-state index in [4.69, 9.17) is 23.2 Å².